The second-order valence-electron chi connectivity index (χ2n) is 5.20. The van der Waals surface area contributed by atoms with Gasteiger partial charge < -0.3 is 15.4 Å². The summed E-state index contributed by atoms with van der Waals surface area (Å²) in [5.41, 5.74) is 6.34. The lowest BCUT2D eigenvalue weighted by molar-refractivity contribution is 0.0741. The van der Waals surface area contributed by atoms with Gasteiger partial charge in [-0.05, 0) is 31.0 Å². The highest BCUT2D eigenvalue weighted by molar-refractivity contribution is 5.95. The van der Waals surface area contributed by atoms with Crippen LogP contribution in [0.15, 0.2) is 42.9 Å². The summed E-state index contributed by atoms with van der Waals surface area (Å²) in [6, 6.07) is 7.24. The van der Waals surface area contributed by atoms with Crippen LogP contribution in [0.25, 0.3) is 0 Å². The third kappa shape index (κ3) is 4.56. The lowest BCUT2D eigenvalue weighted by Crippen LogP contribution is -2.39. The zero-order chi connectivity index (χ0) is 15.4. The van der Waals surface area contributed by atoms with Crippen molar-refractivity contribution in [1.29, 1.82) is 0 Å². The number of halogens is 2. The molecule has 1 aliphatic rings. The highest BCUT2D eigenvalue weighted by Gasteiger charge is 2.28. The number of likely N-dealkylation sites (tertiary alicyclic amines) is 1. The minimum absolute atomic E-state index is 0. The van der Waals surface area contributed by atoms with Crippen molar-refractivity contribution in [2.75, 3.05) is 13.1 Å². The number of carbonyl (C=O) groups is 1. The summed E-state index contributed by atoms with van der Waals surface area (Å²) < 4.78 is 5.62. The van der Waals surface area contributed by atoms with Crippen molar-refractivity contribution in [3.63, 3.8) is 0 Å². The van der Waals surface area contributed by atoms with E-state index in [-0.39, 0.29) is 36.8 Å². The molecule has 0 aliphatic carbocycles. The summed E-state index contributed by atoms with van der Waals surface area (Å²) >= 11 is 0. The van der Waals surface area contributed by atoms with Crippen LogP contribution in [0, 0.1) is 0 Å². The number of rotatable bonds is 4. The molecule has 2 aromatic rings. The summed E-state index contributed by atoms with van der Waals surface area (Å²) in [6.07, 6.45) is 6.63. The summed E-state index contributed by atoms with van der Waals surface area (Å²) in [6.45, 7) is 1.26. The van der Waals surface area contributed by atoms with Crippen LogP contribution in [-0.4, -0.2) is 39.9 Å². The van der Waals surface area contributed by atoms with E-state index in [1.807, 2.05) is 4.90 Å². The van der Waals surface area contributed by atoms with Gasteiger partial charge in [-0.3, -0.25) is 9.78 Å². The number of amides is 1. The Morgan fingerprint density at radius 3 is 2.88 bits per heavy atom. The fourth-order valence-corrected chi connectivity index (χ4v) is 2.67. The number of hydrogen-bond acceptors (Lipinski definition) is 5. The third-order valence-electron chi connectivity index (χ3n) is 3.75. The van der Waals surface area contributed by atoms with Crippen molar-refractivity contribution in [2.45, 2.75) is 18.9 Å². The summed E-state index contributed by atoms with van der Waals surface area (Å²) in [4.78, 5) is 22.5. The smallest absolute Gasteiger partial charge is 0.254 e. The van der Waals surface area contributed by atoms with Crippen molar-refractivity contribution in [1.82, 2.24) is 14.9 Å². The van der Waals surface area contributed by atoms with Gasteiger partial charge in [-0.15, -0.1) is 24.8 Å². The SMILES string of the molecule is Cl.Cl.NCC1CCCN1C(=O)c1cccc(Oc2cnccn2)c1. The Bertz CT molecular complexity index is 658. The highest BCUT2D eigenvalue weighted by Crippen LogP contribution is 2.23. The minimum Gasteiger partial charge on any atom is -0.437 e. The van der Waals surface area contributed by atoms with Gasteiger partial charge >= 0.3 is 0 Å². The molecule has 6 nitrogen and oxygen atoms in total. The van der Waals surface area contributed by atoms with Gasteiger partial charge in [0, 0.05) is 37.1 Å². The largest absolute Gasteiger partial charge is 0.437 e. The first-order chi connectivity index (χ1) is 10.8. The molecule has 1 fully saturated rings. The minimum atomic E-state index is -0.00227. The van der Waals surface area contributed by atoms with Crippen molar-refractivity contribution < 1.29 is 9.53 Å². The molecule has 1 aromatic carbocycles. The molecule has 1 saturated heterocycles. The second-order valence-corrected chi connectivity index (χ2v) is 5.20. The van der Waals surface area contributed by atoms with Crippen LogP contribution in [0.2, 0.25) is 0 Å². The monoisotopic (exact) mass is 370 g/mol. The maximum absolute atomic E-state index is 12.6. The number of nitrogens with zero attached hydrogens (tertiary/aromatic N) is 3. The molecule has 2 N–H and O–H groups in total. The summed E-state index contributed by atoms with van der Waals surface area (Å²) in [7, 11) is 0. The van der Waals surface area contributed by atoms with E-state index in [1.54, 1.807) is 36.7 Å². The molecule has 130 valence electrons. The molecule has 1 amide bonds. The molecule has 0 saturated carbocycles. The Morgan fingerprint density at radius 1 is 1.33 bits per heavy atom. The van der Waals surface area contributed by atoms with Gasteiger partial charge in [0.2, 0.25) is 5.88 Å². The maximum atomic E-state index is 12.6. The molecule has 0 spiro atoms. The predicted molar refractivity (Wildman–Crippen MR) is 96.2 cm³/mol. The van der Waals surface area contributed by atoms with E-state index in [2.05, 4.69) is 9.97 Å². The van der Waals surface area contributed by atoms with E-state index in [9.17, 15) is 4.79 Å². The Morgan fingerprint density at radius 2 is 2.17 bits per heavy atom. The first kappa shape index (κ1) is 20.2. The molecule has 1 atom stereocenters. The average molecular weight is 371 g/mol. The predicted octanol–water partition coefficient (Wildman–Crippen LogP) is 2.68. The quantitative estimate of drug-likeness (QED) is 0.894. The van der Waals surface area contributed by atoms with Crippen molar-refractivity contribution >= 4 is 30.7 Å². The topological polar surface area (TPSA) is 81.3 Å². The second kappa shape index (κ2) is 9.42. The highest BCUT2D eigenvalue weighted by atomic mass is 35.5. The molecule has 8 heteroatoms. The molecule has 24 heavy (non-hydrogen) atoms. The van der Waals surface area contributed by atoms with Crippen molar-refractivity contribution in [3.8, 4) is 11.6 Å². The number of aromatic nitrogens is 2. The van der Waals surface area contributed by atoms with Crippen LogP contribution in [0.5, 0.6) is 11.6 Å². The van der Waals surface area contributed by atoms with Gasteiger partial charge in [-0.2, -0.15) is 0 Å². The number of ether oxygens (including phenoxy) is 1. The number of benzene rings is 1. The lowest BCUT2D eigenvalue weighted by atomic mass is 10.1. The summed E-state index contributed by atoms with van der Waals surface area (Å²) in [5.74, 6) is 0.959. The van der Waals surface area contributed by atoms with Crippen LogP contribution in [0.1, 0.15) is 23.2 Å². The first-order valence-corrected chi connectivity index (χ1v) is 7.33. The van der Waals surface area contributed by atoms with Gasteiger partial charge in [0.05, 0.1) is 6.20 Å². The molecule has 2 heterocycles. The fourth-order valence-electron chi connectivity index (χ4n) is 2.67. The van der Waals surface area contributed by atoms with E-state index >= 15 is 0 Å². The van der Waals surface area contributed by atoms with Crippen LogP contribution in [-0.2, 0) is 0 Å². The average Bonchev–Trinajstić information content (AvgIpc) is 3.04. The third-order valence-corrected chi connectivity index (χ3v) is 3.75. The van der Waals surface area contributed by atoms with Crippen LogP contribution >= 0.6 is 24.8 Å². The molecule has 0 bridgehead atoms. The summed E-state index contributed by atoms with van der Waals surface area (Å²) in [5, 5.41) is 0. The van der Waals surface area contributed by atoms with E-state index in [4.69, 9.17) is 10.5 Å². The van der Waals surface area contributed by atoms with Gasteiger partial charge in [0.1, 0.15) is 5.75 Å². The zero-order valence-electron chi connectivity index (χ0n) is 13.0. The van der Waals surface area contributed by atoms with E-state index in [0.29, 0.717) is 23.7 Å². The number of hydrogen-bond donors (Lipinski definition) is 1. The molecular weight excluding hydrogens is 351 g/mol. The standard InChI is InChI=1S/C16H18N4O2.2ClH/c17-10-13-4-2-8-20(13)16(21)12-3-1-5-14(9-12)22-15-11-18-6-7-19-15;;/h1,3,5-7,9,11,13H,2,4,8,10,17H2;2*1H. The zero-order valence-corrected chi connectivity index (χ0v) is 14.6. The molecule has 0 radical (unpaired) electrons. The van der Waals surface area contributed by atoms with Gasteiger partial charge in [0.15, 0.2) is 0 Å². The van der Waals surface area contributed by atoms with Gasteiger partial charge in [-0.25, -0.2) is 4.98 Å². The van der Waals surface area contributed by atoms with E-state index < -0.39 is 0 Å². The molecule has 1 unspecified atom stereocenters. The molecule has 1 aliphatic heterocycles. The molecular formula is C16H20Cl2N4O2. The van der Waals surface area contributed by atoms with Gasteiger partial charge in [-0.1, -0.05) is 6.07 Å². The fraction of sp³-hybridized carbons (Fsp3) is 0.312. The normalized spacial score (nSPS) is 16.0. The van der Waals surface area contributed by atoms with Crippen molar-refractivity contribution in [2.24, 2.45) is 5.73 Å². The van der Waals surface area contributed by atoms with E-state index in [0.717, 1.165) is 19.4 Å². The lowest BCUT2D eigenvalue weighted by Gasteiger charge is -2.23. The Labute approximate surface area is 153 Å². The Kier molecular flexibility index (Phi) is 7.91. The van der Waals surface area contributed by atoms with Crippen LogP contribution < -0.4 is 10.5 Å². The van der Waals surface area contributed by atoms with Crippen LogP contribution in [0.4, 0.5) is 0 Å². The van der Waals surface area contributed by atoms with Crippen molar-refractivity contribution in [3.05, 3.63) is 48.4 Å². The maximum Gasteiger partial charge on any atom is 0.254 e. The van der Waals surface area contributed by atoms with Crippen LogP contribution in [0.3, 0.4) is 0 Å². The van der Waals surface area contributed by atoms with Gasteiger partial charge in [0.25, 0.3) is 5.91 Å². The molecule has 1 aromatic heterocycles. The number of nitrogens with two attached hydrogens (primary N) is 1. The Balaban J connectivity index is 0.00000144. The molecule has 3 rings (SSSR count). The number of carbonyl (C=O) groups excluding carboxylic acids is 1. The first-order valence-electron chi connectivity index (χ1n) is 7.33. The Hall–Kier alpha value is -1.89. The van der Waals surface area contributed by atoms with E-state index in [1.165, 1.54) is 6.20 Å².